The van der Waals surface area contributed by atoms with Gasteiger partial charge < -0.3 is 19.9 Å². The first-order valence-corrected chi connectivity index (χ1v) is 5.25. The zero-order chi connectivity index (χ0) is 13.7. The zero-order valence-corrected chi connectivity index (χ0v) is 10.4. The minimum atomic E-state index is -1.18. The summed E-state index contributed by atoms with van der Waals surface area (Å²) in [4.78, 5) is 22.3. The van der Waals surface area contributed by atoms with E-state index in [9.17, 15) is 9.59 Å². The largest absolute Gasteiger partial charge is 0.497 e. The van der Waals surface area contributed by atoms with Crippen molar-refractivity contribution >= 4 is 17.6 Å². The lowest BCUT2D eigenvalue weighted by Crippen LogP contribution is -2.27. The number of nitrogens with one attached hydrogen (secondary N) is 1. The lowest BCUT2D eigenvalue weighted by Gasteiger charge is -2.13. The van der Waals surface area contributed by atoms with Gasteiger partial charge in [0.2, 0.25) is 5.91 Å². The molecule has 0 bridgehead atoms. The van der Waals surface area contributed by atoms with Crippen LogP contribution >= 0.6 is 0 Å². The predicted octanol–water partition coefficient (Wildman–Crippen LogP) is 1.36. The summed E-state index contributed by atoms with van der Waals surface area (Å²) in [7, 11) is 2.96. The Morgan fingerprint density at radius 2 is 1.94 bits per heavy atom. The zero-order valence-electron chi connectivity index (χ0n) is 10.4. The maximum absolute atomic E-state index is 11.6. The molecule has 0 saturated carbocycles. The van der Waals surface area contributed by atoms with Gasteiger partial charge in [-0.05, 0) is 19.1 Å². The SMILES string of the molecule is COc1ccc(NC(=O)C(C)C(=O)O)c(OC)c1. The van der Waals surface area contributed by atoms with Gasteiger partial charge in [-0.3, -0.25) is 9.59 Å². The molecule has 1 aromatic rings. The summed E-state index contributed by atoms with van der Waals surface area (Å²) >= 11 is 0. The Bertz CT molecular complexity index is 458. The summed E-state index contributed by atoms with van der Waals surface area (Å²) in [5.41, 5.74) is 0.399. The number of rotatable bonds is 5. The van der Waals surface area contributed by atoms with Crippen molar-refractivity contribution in [3.8, 4) is 11.5 Å². The molecule has 0 fully saturated rings. The first-order valence-electron chi connectivity index (χ1n) is 5.25. The van der Waals surface area contributed by atoms with Crippen molar-refractivity contribution in [3.05, 3.63) is 18.2 Å². The van der Waals surface area contributed by atoms with E-state index in [2.05, 4.69) is 5.32 Å². The fraction of sp³-hybridized carbons (Fsp3) is 0.333. The van der Waals surface area contributed by atoms with Crippen LogP contribution in [0.25, 0.3) is 0 Å². The van der Waals surface area contributed by atoms with Crippen LogP contribution in [0.15, 0.2) is 18.2 Å². The lowest BCUT2D eigenvalue weighted by atomic mass is 10.1. The van der Waals surface area contributed by atoms with Crippen LogP contribution in [0, 0.1) is 5.92 Å². The molecule has 0 radical (unpaired) electrons. The van der Waals surface area contributed by atoms with E-state index in [4.69, 9.17) is 14.6 Å². The molecule has 18 heavy (non-hydrogen) atoms. The number of carboxylic acid groups (broad SMARTS) is 1. The van der Waals surface area contributed by atoms with Gasteiger partial charge >= 0.3 is 5.97 Å². The van der Waals surface area contributed by atoms with Crippen molar-refractivity contribution in [2.45, 2.75) is 6.92 Å². The fourth-order valence-electron chi connectivity index (χ4n) is 1.25. The molecule has 1 aromatic carbocycles. The molecule has 0 aliphatic heterocycles. The van der Waals surface area contributed by atoms with Gasteiger partial charge in [-0.2, -0.15) is 0 Å². The van der Waals surface area contributed by atoms with E-state index in [1.165, 1.54) is 21.1 Å². The molecular formula is C12H15NO5. The molecule has 0 aliphatic carbocycles. The van der Waals surface area contributed by atoms with Crippen LogP contribution < -0.4 is 14.8 Å². The van der Waals surface area contributed by atoms with E-state index >= 15 is 0 Å². The molecular weight excluding hydrogens is 238 g/mol. The molecule has 1 amide bonds. The van der Waals surface area contributed by atoms with Gasteiger partial charge in [-0.15, -0.1) is 0 Å². The van der Waals surface area contributed by atoms with E-state index in [1.807, 2.05) is 0 Å². The van der Waals surface area contributed by atoms with Crippen molar-refractivity contribution in [1.29, 1.82) is 0 Å². The van der Waals surface area contributed by atoms with Gasteiger partial charge in [-0.25, -0.2) is 0 Å². The third kappa shape index (κ3) is 3.13. The second-order valence-corrected chi connectivity index (χ2v) is 3.62. The number of carbonyl (C=O) groups excluding carboxylic acids is 1. The summed E-state index contributed by atoms with van der Waals surface area (Å²) in [5.74, 6) is -1.93. The van der Waals surface area contributed by atoms with Crippen LogP contribution in [0.5, 0.6) is 11.5 Å². The lowest BCUT2D eigenvalue weighted by molar-refractivity contribution is -0.144. The second kappa shape index (κ2) is 5.90. The quantitative estimate of drug-likeness (QED) is 0.774. The monoisotopic (exact) mass is 253 g/mol. The molecule has 6 heteroatoms. The summed E-state index contributed by atoms with van der Waals surface area (Å²) < 4.78 is 10.1. The van der Waals surface area contributed by atoms with Gasteiger partial charge in [0, 0.05) is 6.07 Å². The number of carbonyl (C=O) groups is 2. The number of hydrogen-bond acceptors (Lipinski definition) is 4. The van der Waals surface area contributed by atoms with E-state index in [1.54, 1.807) is 18.2 Å². The average Bonchev–Trinajstić information content (AvgIpc) is 2.37. The first kappa shape index (κ1) is 13.8. The first-order chi connectivity index (χ1) is 8.49. The van der Waals surface area contributed by atoms with Crippen molar-refractivity contribution in [3.63, 3.8) is 0 Å². The highest BCUT2D eigenvalue weighted by molar-refractivity contribution is 6.04. The van der Waals surface area contributed by atoms with Crippen LogP contribution in [0.3, 0.4) is 0 Å². The van der Waals surface area contributed by atoms with Crippen molar-refractivity contribution in [2.24, 2.45) is 5.92 Å². The van der Waals surface area contributed by atoms with Gasteiger partial charge in [0.05, 0.1) is 19.9 Å². The number of anilines is 1. The third-order valence-corrected chi connectivity index (χ3v) is 2.43. The molecule has 1 unspecified atom stereocenters. The second-order valence-electron chi connectivity index (χ2n) is 3.62. The highest BCUT2D eigenvalue weighted by atomic mass is 16.5. The molecule has 0 spiro atoms. The van der Waals surface area contributed by atoms with Crippen LogP contribution in [-0.4, -0.2) is 31.2 Å². The molecule has 2 N–H and O–H groups in total. The van der Waals surface area contributed by atoms with E-state index in [0.29, 0.717) is 17.2 Å². The number of aliphatic carboxylic acids is 1. The Labute approximate surface area is 105 Å². The van der Waals surface area contributed by atoms with Crippen molar-refractivity contribution < 1.29 is 24.2 Å². The van der Waals surface area contributed by atoms with Crippen LogP contribution in [-0.2, 0) is 9.59 Å². The topological polar surface area (TPSA) is 84.9 Å². The van der Waals surface area contributed by atoms with Crippen LogP contribution in [0.1, 0.15) is 6.92 Å². The Kier molecular flexibility index (Phi) is 4.53. The highest BCUT2D eigenvalue weighted by Gasteiger charge is 2.21. The maximum Gasteiger partial charge on any atom is 0.315 e. The predicted molar refractivity (Wildman–Crippen MR) is 65.0 cm³/mol. The van der Waals surface area contributed by atoms with E-state index in [-0.39, 0.29) is 0 Å². The number of ether oxygens (including phenoxy) is 2. The van der Waals surface area contributed by atoms with Crippen LogP contribution in [0.2, 0.25) is 0 Å². The number of benzene rings is 1. The number of amides is 1. The summed E-state index contributed by atoms with van der Waals surface area (Å²) in [5, 5.41) is 11.2. The normalized spacial score (nSPS) is 11.5. The highest BCUT2D eigenvalue weighted by Crippen LogP contribution is 2.29. The molecule has 1 rings (SSSR count). The third-order valence-electron chi connectivity index (χ3n) is 2.43. The van der Waals surface area contributed by atoms with E-state index < -0.39 is 17.8 Å². The molecule has 6 nitrogen and oxygen atoms in total. The minimum absolute atomic E-state index is 0.399. The molecule has 0 heterocycles. The molecule has 0 aliphatic rings. The fourth-order valence-corrected chi connectivity index (χ4v) is 1.25. The maximum atomic E-state index is 11.6. The van der Waals surface area contributed by atoms with Crippen molar-refractivity contribution in [1.82, 2.24) is 0 Å². The Morgan fingerprint density at radius 1 is 1.28 bits per heavy atom. The number of hydrogen-bond donors (Lipinski definition) is 2. The molecule has 0 saturated heterocycles. The molecule has 1 atom stereocenters. The molecule has 0 aromatic heterocycles. The van der Waals surface area contributed by atoms with Gasteiger partial charge in [0.1, 0.15) is 17.4 Å². The summed E-state index contributed by atoms with van der Waals surface area (Å²) in [6, 6.07) is 4.83. The molecule has 98 valence electrons. The van der Waals surface area contributed by atoms with Gasteiger partial charge in [0.15, 0.2) is 0 Å². The Hall–Kier alpha value is -2.24. The summed E-state index contributed by atoms with van der Waals surface area (Å²) in [6.45, 7) is 1.31. The van der Waals surface area contributed by atoms with Gasteiger partial charge in [-0.1, -0.05) is 0 Å². The van der Waals surface area contributed by atoms with Crippen LogP contribution in [0.4, 0.5) is 5.69 Å². The number of carboxylic acids is 1. The average molecular weight is 253 g/mol. The van der Waals surface area contributed by atoms with E-state index in [0.717, 1.165) is 0 Å². The Morgan fingerprint density at radius 3 is 2.44 bits per heavy atom. The Balaban J connectivity index is 2.90. The van der Waals surface area contributed by atoms with Gasteiger partial charge in [0.25, 0.3) is 0 Å². The summed E-state index contributed by atoms with van der Waals surface area (Å²) in [6.07, 6.45) is 0. The smallest absolute Gasteiger partial charge is 0.315 e. The minimum Gasteiger partial charge on any atom is -0.497 e. The standard InChI is InChI=1S/C12H15NO5/c1-7(12(15)16)11(14)13-9-5-4-8(17-2)6-10(9)18-3/h4-7H,1-3H3,(H,13,14)(H,15,16). The van der Waals surface area contributed by atoms with Crippen molar-refractivity contribution in [2.75, 3.05) is 19.5 Å². The number of methoxy groups -OCH3 is 2.